The van der Waals surface area contributed by atoms with Gasteiger partial charge in [-0.15, -0.1) is 0 Å². The summed E-state index contributed by atoms with van der Waals surface area (Å²) in [6, 6.07) is 12.5. The fourth-order valence-electron chi connectivity index (χ4n) is 2.41. The number of hydrogen-bond donors (Lipinski definition) is 0. The standard InChI is InChI=1S/C15H10N2O/c1-2-4-13-10(3-1)5-6-11-7-12-8-16-9-17-15(12)18-14(11)13/h1-6,8-9H,7H2. The van der Waals surface area contributed by atoms with Crippen LogP contribution in [0.1, 0.15) is 11.1 Å². The first-order valence-corrected chi connectivity index (χ1v) is 5.89. The topological polar surface area (TPSA) is 35.0 Å². The van der Waals surface area contributed by atoms with Gasteiger partial charge in [-0.2, -0.15) is 0 Å². The molecular weight excluding hydrogens is 224 g/mol. The third-order valence-electron chi connectivity index (χ3n) is 3.29. The zero-order valence-electron chi connectivity index (χ0n) is 9.63. The van der Waals surface area contributed by atoms with Crippen molar-refractivity contribution in [2.45, 2.75) is 6.42 Å². The zero-order chi connectivity index (χ0) is 11.9. The molecule has 1 aliphatic rings. The molecule has 0 unspecified atom stereocenters. The van der Waals surface area contributed by atoms with Crippen LogP contribution in [0, 0.1) is 0 Å². The summed E-state index contributed by atoms with van der Waals surface area (Å²) < 4.78 is 5.94. The minimum absolute atomic E-state index is 0.675. The van der Waals surface area contributed by atoms with Gasteiger partial charge in [-0.05, 0) is 5.39 Å². The molecule has 4 rings (SSSR count). The predicted octanol–water partition coefficient (Wildman–Crippen LogP) is 3.33. The van der Waals surface area contributed by atoms with E-state index in [2.05, 4.69) is 34.2 Å². The maximum atomic E-state index is 5.94. The van der Waals surface area contributed by atoms with E-state index in [9.17, 15) is 0 Å². The Balaban J connectivity index is 1.98. The van der Waals surface area contributed by atoms with Crippen molar-refractivity contribution in [3.05, 3.63) is 60.0 Å². The first-order chi connectivity index (χ1) is 8.92. The maximum Gasteiger partial charge on any atom is 0.225 e. The van der Waals surface area contributed by atoms with Crippen LogP contribution in [0.2, 0.25) is 0 Å². The normalized spacial score (nSPS) is 12.7. The van der Waals surface area contributed by atoms with Crippen LogP contribution in [0.3, 0.4) is 0 Å². The number of ether oxygens (including phenoxy) is 1. The van der Waals surface area contributed by atoms with Crippen molar-refractivity contribution < 1.29 is 4.74 Å². The highest BCUT2D eigenvalue weighted by atomic mass is 16.5. The van der Waals surface area contributed by atoms with E-state index in [4.69, 9.17) is 4.74 Å². The lowest BCUT2D eigenvalue weighted by molar-refractivity contribution is 0.444. The molecule has 0 spiro atoms. The van der Waals surface area contributed by atoms with Crippen LogP contribution in [-0.4, -0.2) is 9.97 Å². The molecule has 0 radical (unpaired) electrons. The van der Waals surface area contributed by atoms with Crippen molar-refractivity contribution in [3.63, 3.8) is 0 Å². The molecule has 1 aromatic heterocycles. The molecular formula is C15H10N2O. The molecule has 86 valence electrons. The van der Waals surface area contributed by atoms with Crippen LogP contribution >= 0.6 is 0 Å². The van der Waals surface area contributed by atoms with Gasteiger partial charge in [0, 0.05) is 29.1 Å². The van der Waals surface area contributed by atoms with Gasteiger partial charge in [-0.25, -0.2) is 9.97 Å². The second-order valence-corrected chi connectivity index (χ2v) is 4.41. The highest BCUT2D eigenvalue weighted by molar-refractivity contribution is 5.90. The van der Waals surface area contributed by atoms with Crippen molar-refractivity contribution in [1.82, 2.24) is 9.97 Å². The fourth-order valence-corrected chi connectivity index (χ4v) is 2.41. The second kappa shape index (κ2) is 3.53. The number of rotatable bonds is 0. The average Bonchev–Trinajstić information content (AvgIpc) is 2.45. The molecule has 2 heterocycles. The van der Waals surface area contributed by atoms with Crippen LogP contribution in [0.5, 0.6) is 11.6 Å². The third-order valence-corrected chi connectivity index (χ3v) is 3.29. The summed E-state index contributed by atoms with van der Waals surface area (Å²) in [6.07, 6.45) is 4.17. The molecule has 0 fully saturated rings. The Bertz CT molecular complexity index is 752. The predicted molar refractivity (Wildman–Crippen MR) is 68.9 cm³/mol. The molecule has 0 aliphatic carbocycles. The van der Waals surface area contributed by atoms with E-state index in [1.165, 1.54) is 17.3 Å². The smallest absolute Gasteiger partial charge is 0.225 e. The van der Waals surface area contributed by atoms with E-state index in [0.717, 1.165) is 23.1 Å². The van der Waals surface area contributed by atoms with Gasteiger partial charge in [-0.1, -0.05) is 36.4 Å². The van der Waals surface area contributed by atoms with Gasteiger partial charge in [-0.3, -0.25) is 0 Å². The summed E-state index contributed by atoms with van der Waals surface area (Å²) >= 11 is 0. The zero-order valence-corrected chi connectivity index (χ0v) is 9.63. The number of hydrogen-bond acceptors (Lipinski definition) is 3. The Morgan fingerprint density at radius 2 is 1.94 bits per heavy atom. The Hall–Kier alpha value is -2.42. The molecule has 0 saturated heterocycles. The second-order valence-electron chi connectivity index (χ2n) is 4.41. The molecule has 18 heavy (non-hydrogen) atoms. The highest BCUT2D eigenvalue weighted by Gasteiger charge is 2.19. The summed E-state index contributed by atoms with van der Waals surface area (Å²) in [5, 5.41) is 2.33. The molecule has 0 N–H and O–H groups in total. The monoisotopic (exact) mass is 234 g/mol. The molecule has 1 aliphatic heterocycles. The first-order valence-electron chi connectivity index (χ1n) is 5.89. The summed E-state index contributed by atoms with van der Waals surface area (Å²) in [5.41, 5.74) is 2.23. The number of aromatic nitrogens is 2. The van der Waals surface area contributed by atoms with Gasteiger partial charge in [0.25, 0.3) is 0 Å². The van der Waals surface area contributed by atoms with E-state index in [0.29, 0.717) is 5.88 Å². The molecule has 0 bridgehead atoms. The molecule has 3 nitrogen and oxygen atoms in total. The van der Waals surface area contributed by atoms with Crippen LogP contribution < -0.4 is 4.74 Å². The highest BCUT2D eigenvalue weighted by Crippen LogP contribution is 2.39. The Labute approximate surface area is 104 Å². The van der Waals surface area contributed by atoms with Gasteiger partial charge in [0.15, 0.2) is 0 Å². The fraction of sp³-hybridized carbons (Fsp3) is 0.0667. The van der Waals surface area contributed by atoms with E-state index in [-0.39, 0.29) is 0 Å². The summed E-state index contributed by atoms with van der Waals surface area (Å²) in [6.45, 7) is 0. The quantitative estimate of drug-likeness (QED) is 0.468. The molecule has 0 saturated carbocycles. The van der Waals surface area contributed by atoms with Gasteiger partial charge >= 0.3 is 0 Å². The van der Waals surface area contributed by atoms with Gasteiger partial charge < -0.3 is 4.74 Å². The lowest BCUT2D eigenvalue weighted by Crippen LogP contribution is -2.05. The minimum Gasteiger partial charge on any atom is -0.438 e. The van der Waals surface area contributed by atoms with Crippen LogP contribution in [0.15, 0.2) is 48.9 Å². The van der Waals surface area contributed by atoms with E-state index >= 15 is 0 Å². The van der Waals surface area contributed by atoms with Crippen LogP contribution in [0.4, 0.5) is 0 Å². The molecule has 0 atom stereocenters. The van der Waals surface area contributed by atoms with Gasteiger partial charge in [0.2, 0.25) is 5.88 Å². The van der Waals surface area contributed by atoms with E-state index < -0.39 is 0 Å². The number of benzene rings is 2. The van der Waals surface area contributed by atoms with E-state index in [1.807, 2.05) is 18.3 Å². The summed E-state index contributed by atoms with van der Waals surface area (Å²) in [7, 11) is 0. The van der Waals surface area contributed by atoms with Gasteiger partial charge in [0.05, 0.1) is 0 Å². The van der Waals surface area contributed by atoms with Crippen molar-refractivity contribution in [3.8, 4) is 11.6 Å². The van der Waals surface area contributed by atoms with Crippen LogP contribution in [0.25, 0.3) is 10.8 Å². The third kappa shape index (κ3) is 1.31. The minimum atomic E-state index is 0.675. The van der Waals surface area contributed by atoms with E-state index in [1.54, 1.807) is 0 Å². The number of fused-ring (bicyclic) bond motifs is 4. The summed E-state index contributed by atoms with van der Waals surface area (Å²) in [5.74, 6) is 1.60. The first kappa shape index (κ1) is 9.59. The molecule has 2 aromatic carbocycles. The van der Waals surface area contributed by atoms with Gasteiger partial charge in [0.1, 0.15) is 12.1 Å². The molecule has 3 aromatic rings. The number of nitrogens with zero attached hydrogens (tertiary/aromatic N) is 2. The Kier molecular flexibility index (Phi) is 1.88. The van der Waals surface area contributed by atoms with Crippen molar-refractivity contribution in [2.24, 2.45) is 0 Å². The lowest BCUT2D eigenvalue weighted by atomic mass is 9.99. The maximum absolute atomic E-state index is 5.94. The lowest BCUT2D eigenvalue weighted by Gasteiger charge is -2.20. The Morgan fingerprint density at radius 1 is 1.00 bits per heavy atom. The largest absolute Gasteiger partial charge is 0.438 e. The van der Waals surface area contributed by atoms with Crippen LogP contribution in [-0.2, 0) is 6.42 Å². The van der Waals surface area contributed by atoms with Crippen molar-refractivity contribution in [1.29, 1.82) is 0 Å². The Morgan fingerprint density at radius 3 is 2.94 bits per heavy atom. The molecule has 0 amide bonds. The average molecular weight is 234 g/mol. The molecule has 3 heteroatoms. The SMILES string of the molecule is c1ccc2c3c(ccc2c1)Cc1cncnc1O3. The summed E-state index contributed by atoms with van der Waals surface area (Å²) in [4.78, 5) is 8.23. The van der Waals surface area contributed by atoms with Crippen molar-refractivity contribution in [2.75, 3.05) is 0 Å². The van der Waals surface area contributed by atoms with Crippen molar-refractivity contribution >= 4 is 10.8 Å².